The van der Waals surface area contributed by atoms with Crippen molar-refractivity contribution in [3.8, 4) is 0 Å². The second-order valence-electron chi connectivity index (χ2n) is 8.22. The summed E-state index contributed by atoms with van der Waals surface area (Å²) < 4.78 is 69.8. The summed E-state index contributed by atoms with van der Waals surface area (Å²) in [5, 5.41) is 0. The third kappa shape index (κ3) is 4.22. The lowest BCUT2D eigenvalue weighted by Gasteiger charge is -2.18. The van der Waals surface area contributed by atoms with Gasteiger partial charge in [-0.05, 0) is 59.2 Å². The summed E-state index contributed by atoms with van der Waals surface area (Å²) in [4.78, 5) is -0.244. The molecule has 1 aliphatic rings. The monoisotopic (exact) mass is 473 g/mol. The van der Waals surface area contributed by atoms with E-state index in [2.05, 4.69) is 4.72 Å². The van der Waals surface area contributed by atoms with Crippen molar-refractivity contribution in [1.82, 2.24) is 4.72 Å². The number of benzene rings is 3. The third-order valence-corrected chi connectivity index (χ3v) is 9.06. The third-order valence-electron chi connectivity index (χ3n) is 5.69. The Labute approximate surface area is 188 Å². The van der Waals surface area contributed by atoms with E-state index in [1.165, 1.54) is 18.2 Å². The summed E-state index contributed by atoms with van der Waals surface area (Å²) in [7, 11) is -8.09. The maximum atomic E-state index is 13.9. The number of rotatable bonds is 5. The van der Waals surface area contributed by atoms with Crippen LogP contribution in [0.4, 0.5) is 4.39 Å². The molecule has 1 aliphatic heterocycles. The fourth-order valence-corrected chi connectivity index (χ4v) is 7.24. The zero-order valence-corrected chi connectivity index (χ0v) is 19.4. The molecule has 0 saturated heterocycles. The lowest BCUT2D eigenvalue weighted by molar-refractivity contribution is 0.578. The maximum Gasteiger partial charge on any atom is 0.241 e. The lowest BCUT2D eigenvalue weighted by Crippen LogP contribution is -2.25. The van der Waals surface area contributed by atoms with Crippen LogP contribution in [0.25, 0.3) is 0 Å². The molecule has 0 spiro atoms. The van der Waals surface area contributed by atoms with E-state index in [9.17, 15) is 21.2 Å². The van der Waals surface area contributed by atoms with Crippen LogP contribution < -0.4 is 4.72 Å². The van der Waals surface area contributed by atoms with Crippen LogP contribution in [0.3, 0.4) is 0 Å². The molecule has 0 bridgehead atoms. The van der Waals surface area contributed by atoms with Crippen molar-refractivity contribution in [2.75, 3.05) is 0 Å². The first-order valence-electron chi connectivity index (χ1n) is 10.3. The molecule has 0 radical (unpaired) electrons. The minimum atomic E-state index is -4.08. The van der Waals surface area contributed by atoms with E-state index in [-0.39, 0.29) is 27.1 Å². The van der Waals surface area contributed by atoms with Crippen molar-refractivity contribution in [2.24, 2.45) is 0 Å². The van der Waals surface area contributed by atoms with Gasteiger partial charge < -0.3 is 0 Å². The van der Waals surface area contributed by atoms with Gasteiger partial charge in [0.1, 0.15) is 5.82 Å². The minimum absolute atomic E-state index is 0.0643. The van der Waals surface area contributed by atoms with Crippen molar-refractivity contribution in [3.05, 3.63) is 88.7 Å². The number of aryl methyl sites for hydroxylation is 2. The molecule has 0 saturated carbocycles. The Bertz CT molecular complexity index is 1380. The molecule has 4 rings (SSSR count). The van der Waals surface area contributed by atoms with Crippen molar-refractivity contribution >= 4 is 19.9 Å². The molecular weight excluding hydrogens is 449 g/mol. The van der Waals surface area contributed by atoms with E-state index in [0.29, 0.717) is 29.5 Å². The fourth-order valence-electron chi connectivity index (χ4n) is 3.98. The molecule has 8 heteroatoms. The summed E-state index contributed by atoms with van der Waals surface area (Å²) in [5.41, 5.74) is 2.42. The van der Waals surface area contributed by atoms with Crippen LogP contribution in [-0.4, -0.2) is 16.8 Å². The Morgan fingerprint density at radius 2 is 1.59 bits per heavy atom. The second-order valence-corrected chi connectivity index (χ2v) is 11.8. The molecule has 1 heterocycles. The van der Waals surface area contributed by atoms with Crippen LogP contribution in [0.1, 0.15) is 42.0 Å². The highest BCUT2D eigenvalue weighted by Gasteiger charge is 2.32. The minimum Gasteiger partial charge on any atom is -0.218 e. The van der Waals surface area contributed by atoms with Gasteiger partial charge in [0, 0.05) is 6.54 Å². The second kappa shape index (κ2) is 8.42. The smallest absolute Gasteiger partial charge is 0.218 e. The number of hydrogen-bond donors (Lipinski definition) is 1. The van der Waals surface area contributed by atoms with Gasteiger partial charge in [0.15, 0.2) is 0 Å². The average molecular weight is 474 g/mol. The van der Waals surface area contributed by atoms with Gasteiger partial charge in [-0.3, -0.25) is 0 Å². The zero-order chi connectivity index (χ0) is 23.1. The van der Waals surface area contributed by atoms with Crippen molar-refractivity contribution in [1.29, 1.82) is 0 Å². The van der Waals surface area contributed by atoms with Gasteiger partial charge in [0.2, 0.25) is 19.9 Å². The average Bonchev–Trinajstić information content (AvgIpc) is 2.86. The fraction of sp³-hybridized carbons (Fsp3) is 0.250. The molecule has 0 fully saturated rings. The van der Waals surface area contributed by atoms with Crippen LogP contribution in [-0.2, 0) is 39.2 Å². The summed E-state index contributed by atoms with van der Waals surface area (Å²) in [6, 6.07) is 15.7. The predicted octanol–water partition coefficient (Wildman–Crippen LogP) is 4.36. The van der Waals surface area contributed by atoms with Crippen LogP contribution >= 0.6 is 0 Å². The molecule has 32 heavy (non-hydrogen) atoms. The number of halogens is 1. The highest BCUT2D eigenvalue weighted by molar-refractivity contribution is 7.92. The molecule has 0 amide bonds. The SMILES string of the molecule is CC(C)c1cc2c(cc1S(=O)(=O)NCc1ccccc1)S(=O)(=O)c1cc(F)ccc1CC2. The topological polar surface area (TPSA) is 80.3 Å². The van der Waals surface area contributed by atoms with Gasteiger partial charge in [-0.15, -0.1) is 0 Å². The highest BCUT2D eigenvalue weighted by atomic mass is 32.2. The van der Waals surface area contributed by atoms with E-state index >= 15 is 0 Å². The Balaban J connectivity index is 1.85. The summed E-state index contributed by atoms with van der Waals surface area (Å²) in [5.74, 6) is -0.790. The number of sulfone groups is 1. The Morgan fingerprint density at radius 1 is 0.938 bits per heavy atom. The van der Waals surface area contributed by atoms with Crippen molar-refractivity contribution < 1.29 is 21.2 Å². The van der Waals surface area contributed by atoms with Crippen LogP contribution in [0.15, 0.2) is 75.4 Å². The molecule has 5 nitrogen and oxygen atoms in total. The molecule has 3 aromatic carbocycles. The van der Waals surface area contributed by atoms with Gasteiger partial charge >= 0.3 is 0 Å². The van der Waals surface area contributed by atoms with Gasteiger partial charge in [-0.1, -0.05) is 56.3 Å². The van der Waals surface area contributed by atoms with Crippen molar-refractivity contribution in [2.45, 2.75) is 53.8 Å². The number of sulfonamides is 1. The van der Waals surface area contributed by atoms with Gasteiger partial charge in [-0.25, -0.2) is 25.9 Å². The largest absolute Gasteiger partial charge is 0.241 e. The standard InChI is InChI=1S/C24H24FNO4S2/c1-16(2)21-12-19-9-8-18-10-11-20(25)13-22(18)31(27,28)23(19)14-24(21)32(29,30)26-15-17-6-4-3-5-7-17/h3-7,10-14,16,26H,8-9,15H2,1-2H3. The number of hydrogen-bond acceptors (Lipinski definition) is 4. The molecule has 3 aromatic rings. The Hall–Kier alpha value is -2.55. The number of fused-ring (bicyclic) bond motifs is 2. The molecule has 0 atom stereocenters. The van der Waals surface area contributed by atoms with Gasteiger partial charge in [0.05, 0.1) is 14.7 Å². The van der Waals surface area contributed by atoms with Crippen molar-refractivity contribution in [3.63, 3.8) is 0 Å². The van der Waals surface area contributed by atoms with Gasteiger partial charge in [0.25, 0.3) is 0 Å². The first-order chi connectivity index (χ1) is 15.1. The molecule has 168 valence electrons. The van der Waals surface area contributed by atoms with Crippen LogP contribution in [0, 0.1) is 5.82 Å². The van der Waals surface area contributed by atoms with E-state index in [0.717, 1.165) is 11.6 Å². The van der Waals surface area contributed by atoms with Crippen LogP contribution in [0.5, 0.6) is 0 Å². The first kappa shape index (κ1) is 22.6. The summed E-state index contributed by atoms with van der Waals surface area (Å²) >= 11 is 0. The van der Waals surface area contributed by atoms with Gasteiger partial charge in [-0.2, -0.15) is 0 Å². The summed E-state index contributed by atoms with van der Waals surface area (Å²) in [6.45, 7) is 3.82. The highest BCUT2D eigenvalue weighted by Crippen LogP contribution is 2.37. The molecule has 0 aliphatic carbocycles. The summed E-state index contributed by atoms with van der Waals surface area (Å²) in [6.07, 6.45) is 0.850. The normalized spacial score (nSPS) is 15.1. The van der Waals surface area contributed by atoms with Crippen LogP contribution in [0.2, 0.25) is 0 Å². The molecule has 0 aromatic heterocycles. The zero-order valence-electron chi connectivity index (χ0n) is 17.8. The van der Waals surface area contributed by atoms with E-state index in [1.54, 1.807) is 18.2 Å². The molecule has 1 N–H and O–H groups in total. The molecular formula is C24H24FNO4S2. The lowest BCUT2D eigenvalue weighted by atomic mass is 9.97. The maximum absolute atomic E-state index is 13.9. The molecule has 0 unspecified atom stereocenters. The quantitative estimate of drug-likeness (QED) is 0.597. The first-order valence-corrected chi connectivity index (χ1v) is 13.3. The Kier molecular flexibility index (Phi) is 5.96. The predicted molar refractivity (Wildman–Crippen MR) is 120 cm³/mol. The van der Waals surface area contributed by atoms with E-state index < -0.39 is 25.7 Å². The Morgan fingerprint density at radius 3 is 2.28 bits per heavy atom. The van der Waals surface area contributed by atoms with E-state index in [4.69, 9.17) is 0 Å². The number of nitrogens with one attached hydrogen (secondary N) is 1. The van der Waals surface area contributed by atoms with E-state index in [1.807, 2.05) is 32.0 Å².